The van der Waals surface area contributed by atoms with Gasteiger partial charge in [-0.3, -0.25) is 4.98 Å². The van der Waals surface area contributed by atoms with E-state index in [2.05, 4.69) is 47.6 Å². The van der Waals surface area contributed by atoms with Crippen molar-refractivity contribution < 1.29 is 0 Å². The molecule has 2 nitrogen and oxygen atoms in total. The van der Waals surface area contributed by atoms with Crippen LogP contribution in [-0.2, 0) is 6.54 Å². The van der Waals surface area contributed by atoms with Crippen LogP contribution in [0.15, 0.2) is 42.7 Å². The maximum absolute atomic E-state index is 4.22. The lowest BCUT2D eigenvalue weighted by Crippen LogP contribution is -2.04. The number of pyridine rings is 1. The third-order valence-corrected chi connectivity index (χ3v) is 2.52. The number of nitrogens with one attached hydrogen (secondary N) is 1. The monoisotopic (exact) mass is 212 g/mol. The molecule has 82 valence electrons. The second-order valence-electron chi connectivity index (χ2n) is 3.98. The lowest BCUT2D eigenvalue weighted by molar-refractivity contribution is 0.818. The first-order chi connectivity index (χ1) is 7.79. The summed E-state index contributed by atoms with van der Waals surface area (Å²) in [6, 6.07) is 10.7. The highest BCUT2D eigenvalue weighted by Crippen LogP contribution is 2.20. The molecule has 1 aromatic heterocycles. The van der Waals surface area contributed by atoms with Gasteiger partial charge in [-0.25, -0.2) is 0 Å². The Morgan fingerprint density at radius 1 is 1.12 bits per heavy atom. The van der Waals surface area contributed by atoms with E-state index in [-0.39, 0.29) is 0 Å². The van der Waals surface area contributed by atoms with Crippen molar-refractivity contribution in [3.63, 3.8) is 0 Å². The molecule has 1 N–H and O–H groups in total. The zero-order valence-corrected chi connectivity index (χ0v) is 9.70. The molecule has 2 aromatic rings. The van der Waals surface area contributed by atoms with Crippen LogP contribution in [0, 0.1) is 6.92 Å². The van der Waals surface area contributed by atoms with Crippen molar-refractivity contribution in [2.75, 3.05) is 7.05 Å². The summed E-state index contributed by atoms with van der Waals surface area (Å²) in [7, 11) is 1.96. The lowest BCUT2D eigenvalue weighted by Gasteiger charge is -2.05. The van der Waals surface area contributed by atoms with E-state index in [9.17, 15) is 0 Å². The minimum absolute atomic E-state index is 0.896. The summed E-state index contributed by atoms with van der Waals surface area (Å²) in [5.74, 6) is 0. The molecule has 2 heteroatoms. The SMILES string of the molecule is CNCc1cccc(-c2cncc(C)c2)c1. The molecular weight excluding hydrogens is 196 g/mol. The number of hydrogen-bond donors (Lipinski definition) is 1. The largest absolute Gasteiger partial charge is 0.316 e. The van der Waals surface area contributed by atoms with E-state index in [4.69, 9.17) is 0 Å². The van der Waals surface area contributed by atoms with E-state index in [1.54, 1.807) is 0 Å². The Hall–Kier alpha value is -1.67. The molecule has 0 aliphatic rings. The van der Waals surface area contributed by atoms with E-state index in [0.717, 1.165) is 6.54 Å². The fourth-order valence-electron chi connectivity index (χ4n) is 1.78. The Labute approximate surface area is 96.4 Å². The molecular formula is C14H16N2. The summed E-state index contributed by atoms with van der Waals surface area (Å²) in [5, 5.41) is 3.16. The zero-order chi connectivity index (χ0) is 11.4. The normalized spacial score (nSPS) is 10.4. The third kappa shape index (κ3) is 2.47. The Morgan fingerprint density at radius 3 is 2.75 bits per heavy atom. The minimum Gasteiger partial charge on any atom is -0.316 e. The van der Waals surface area contributed by atoms with Gasteiger partial charge in [-0.1, -0.05) is 18.2 Å². The Bertz CT molecular complexity index is 478. The fourth-order valence-corrected chi connectivity index (χ4v) is 1.78. The van der Waals surface area contributed by atoms with Crippen molar-refractivity contribution in [1.29, 1.82) is 0 Å². The van der Waals surface area contributed by atoms with Gasteiger partial charge >= 0.3 is 0 Å². The molecule has 0 aliphatic heterocycles. The highest BCUT2D eigenvalue weighted by atomic mass is 14.8. The van der Waals surface area contributed by atoms with Crippen LogP contribution < -0.4 is 5.32 Å². The first-order valence-electron chi connectivity index (χ1n) is 5.45. The quantitative estimate of drug-likeness (QED) is 0.846. The van der Waals surface area contributed by atoms with Crippen LogP contribution in [0.3, 0.4) is 0 Å². The summed E-state index contributed by atoms with van der Waals surface area (Å²) in [5.41, 5.74) is 4.89. The van der Waals surface area contributed by atoms with Crippen LogP contribution >= 0.6 is 0 Å². The van der Waals surface area contributed by atoms with Crippen LogP contribution in [0.25, 0.3) is 11.1 Å². The average molecular weight is 212 g/mol. The molecule has 2 rings (SSSR count). The molecule has 0 aliphatic carbocycles. The second kappa shape index (κ2) is 4.90. The number of aromatic nitrogens is 1. The van der Waals surface area contributed by atoms with Gasteiger partial charge in [0.15, 0.2) is 0 Å². The molecule has 0 bridgehead atoms. The summed E-state index contributed by atoms with van der Waals surface area (Å²) >= 11 is 0. The highest BCUT2D eigenvalue weighted by Gasteiger charge is 1.99. The second-order valence-corrected chi connectivity index (χ2v) is 3.98. The Morgan fingerprint density at radius 2 is 2.00 bits per heavy atom. The van der Waals surface area contributed by atoms with Gasteiger partial charge in [0.05, 0.1) is 0 Å². The number of nitrogens with zero attached hydrogens (tertiary/aromatic N) is 1. The van der Waals surface area contributed by atoms with Gasteiger partial charge in [-0.05, 0) is 42.8 Å². The zero-order valence-electron chi connectivity index (χ0n) is 9.70. The van der Waals surface area contributed by atoms with Crippen molar-refractivity contribution in [3.8, 4) is 11.1 Å². The van der Waals surface area contributed by atoms with Gasteiger partial charge in [0.25, 0.3) is 0 Å². The predicted molar refractivity (Wildman–Crippen MR) is 67.2 cm³/mol. The van der Waals surface area contributed by atoms with Crippen molar-refractivity contribution in [2.24, 2.45) is 0 Å². The van der Waals surface area contributed by atoms with Gasteiger partial charge < -0.3 is 5.32 Å². The first-order valence-corrected chi connectivity index (χ1v) is 5.45. The van der Waals surface area contributed by atoms with Gasteiger partial charge in [0.1, 0.15) is 0 Å². The molecule has 0 saturated carbocycles. The van der Waals surface area contributed by atoms with E-state index in [1.807, 2.05) is 19.4 Å². The minimum atomic E-state index is 0.896. The van der Waals surface area contributed by atoms with Crippen molar-refractivity contribution >= 4 is 0 Å². The molecule has 1 heterocycles. The first kappa shape index (κ1) is 10.8. The molecule has 0 saturated heterocycles. The average Bonchev–Trinajstić information content (AvgIpc) is 2.30. The molecule has 0 unspecified atom stereocenters. The Balaban J connectivity index is 2.36. The van der Waals surface area contributed by atoms with E-state index in [0.29, 0.717) is 0 Å². The highest BCUT2D eigenvalue weighted by molar-refractivity contribution is 5.63. The standard InChI is InChI=1S/C14H16N2/c1-11-6-14(10-16-8-11)13-5-3-4-12(7-13)9-15-2/h3-8,10,15H,9H2,1-2H3. The fraction of sp³-hybridized carbons (Fsp3) is 0.214. The number of rotatable bonds is 3. The molecule has 0 atom stereocenters. The molecule has 0 spiro atoms. The summed E-state index contributed by atoms with van der Waals surface area (Å²) < 4.78 is 0. The molecule has 0 amide bonds. The van der Waals surface area contributed by atoms with Crippen LogP contribution in [0.1, 0.15) is 11.1 Å². The van der Waals surface area contributed by atoms with E-state index < -0.39 is 0 Å². The van der Waals surface area contributed by atoms with Crippen molar-refractivity contribution in [2.45, 2.75) is 13.5 Å². The summed E-state index contributed by atoms with van der Waals surface area (Å²) in [6.07, 6.45) is 3.78. The van der Waals surface area contributed by atoms with Gasteiger partial charge in [-0.2, -0.15) is 0 Å². The van der Waals surface area contributed by atoms with Gasteiger partial charge in [0.2, 0.25) is 0 Å². The number of hydrogen-bond acceptors (Lipinski definition) is 2. The van der Waals surface area contributed by atoms with E-state index >= 15 is 0 Å². The van der Waals surface area contributed by atoms with Crippen LogP contribution in [-0.4, -0.2) is 12.0 Å². The topological polar surface area (TPSA) is 24.9 Å². The maximum atomic E-state index is 4.22. The smallest absolute Gasteiger partial charge is 0.0346 e. The molecule has 16 heavy (non-hydrogen) atoms. The van der Waals surface area contributed by atoms with Crippen LogP contribution in [0.5, 0.6) is 0 Å². The Kier molecular flexibility index (Phi) is 3.32. The van der Waals surface area contributed by atoms with Crippen molar-refractivity contribution in [1.82, 2.24) is 10.3 Å². The van der Waals surface area contributed by atoms with Crippen molar-refractivity contribution in [3.05, 3.63) is 53.9 Å². The number of aryl methyl sites for hydroxylation is 1. The summed E-state index contributed by atoms with van der Waals surface area (Å²) in [6.45, 7) is 2.96. The van der Waals surface area contributed by atoms with E-state index in [1.165, 1.54) is 22.3 Å². The number of benzene rings is 1. The maximum Gasteiger partial charge on any atom is 0.0346 e. The summed E-state index contributed by atoms with van der Waals surface area (Å²) in [4.78, 5) is 4.22. The van der Waals surface area contributed by atoms with Gasteiger partial charge in [0, 0.05) is 24.5 Å². The molecule has 0 fully saturated rings. The molecule has 0 radical (unpaired) electrons. The van der Waals surface area contributed by atoms with Gasteiger partial charge in [-0.15, -0.1) is 0 Å². The predicted octanol–water partition coefficient (Wildman–Crippen LogP) is 2.78. The third-order valence-electron chi connectivity index (χ3n) is 2.52. The lowest BCUT2D eigenvalue weighted by atomic mass is 10.0. The molecule has 1 aromatic carbocycles. The van der Waals surface area contributed by atoms with Crippen LogP contribution in [0.4, 0.5) is 0 Å². The van der Waals surface area contributed by atoms with Crippen LogP contribution in [0.2, 0.25) is 0 Å².